The predicted octanol–water partition coefficient (Wildman–Crippen LogP) is 0.533. The van der Waals surface area contributed by atoms with Crippen molar-refractivity contribution in [1.29, 1.82) is 0 Å². The second-order valence-electron chi connectivity index (χ2n) is 4.01. The third kappa shape index (κ3) is 3.27. The molecule has 1 aliphatic rings. The molecule has 14 heavy (non-hydrogen) atoms. The molecule has 4 nitrogen and oxygen atoms in total. The summed E-state index contributed by atoms with van der Waals surface area (Å²) >= 11 is 0. The summed E-state index contributed by atoms with van der Waals surface area (Å²) < 4.78 is 0. The van der Waals surface area contributed by atoms with E-state index in [0.717, 1.165) is 25.9 Å². The fraction of sp³-hybridized carbons (Fsp3) is 0.900. The third-order valence-electron chi connectivity index (χ3n) is 2.98. The van der Waals surface area contributed by atoms with Gasteiger partial charge in [-0.2, -0.15) is 0 Å². The molecule has 0 aromatic carbocycles. The first-order valence-electron chi connectivity index (χ1n) is 5.32. The van der Waals surface area contributed by atoms with Crippen LogP contribution in [0.5, 0.6) is 0 Å². The summed E-state index contributed by atoms with van der Waals surface area (Å²) in [5, 5.41) is 11.6. The first-order chi connectivity index (χ1) is 6.63. The van der Waals surface area contributed by atoms with Crippen LogP contribution in [0.2, 0.25) is 0 Å². The maximum Gasteiger partial charge on any atom is 0.317 e. The summed E-state index contributed by atoms with van der Waals surface area (Å²) in [6.45, 7) is 6.57. The summed E-state index contributed by atoms with van der Waals surface area (Å²) in [6.07, 6.45) is 2.23. The molecule has 2 atom stereocenters. The molecule has 82 valence electrons. The largest absolute Gasteiger partial charge is 0.480 e. The summed E-state index contributed by atoms with van der Waals surface area (Å²) in [6, 6.07) is 0.978. The quantitative estimate of drug-likeness (QED) is 0.680. The number of aliphatic carboxylic acids is 1. The first kappa shape index (κ1) is 11.5. The van der Waals surface area contributed by atoms with E-state index in [1.165, 1.54) is 0 Å². The number of rotatable bonds is 5. The molecule has 0 spiro atoms. The zero-order valence-electron chi connectivity index (χ0n) is 8.99. The Labute approximate surface area is 85.3 Å². The van der Waals surface area contributed by atoms with E-state index < -0.39 is 5.97 Å². The SMILES string of the molecule is CCC(C)N1CCC(NCC(=O)O)C1. The molecule has 0 amide bonds. The lowest BCUT2D eigenvalue weighted by Gasteiger charge is -2.22. The van der Waals surface area contributed by atoms with E-state index >= 15 is 0 Å². The van der Waals surface area contributed by atoms with Gasteiger partial charge in [0, 0.05) is 25.2 Å². The smallest absolute Gasteiger partial charge is 0.317 e. The fourth-order valence-electron chi connectivity index (χ4n) is 1.84. The van der Waals surface area contributed by atoms with E-state index in [4.69, 9.17) is 5.11 Å². The van der Waals surface area contributed by atoms with Crippen molar-refractivity contribution in [1.82, 2.24) is 10.2 Å². The third-order valence-corrected chi connectivity index (χ3v) is 2.98. The molecule has 0 aliphatic carbocycles. The van der Waals surface area contributed by atoms with Crippen LogP contribution in [0, 0.1) is 0 Å². The van der Waals surface area contributed by atoms with Crippen LogP contribution in [0.4, 0.5) is 0 Å². The average Bonchev–Trinajstić information content (AvgIpc) is 2.62. The van der Waals surface area contributed by atoms with Gasteiger partial charge in [-0.25, -0.2) is 0 Å². The Morgan fingerprint density at radius 2 is 2.43 bits per heavy atom. The molecular weight excluding hydrogens is 180 g/mol. The average molecular weight is 200 g/mol. The number of hydrogen-bond acceptors (Lipinski definition) is 3. The van der Waals surface area contributed by atoms with Gasteiger partial charge in [-0.05, 0) is 19.8 Å². The highest BCUT2D eigenvalue weighted by Crippen LogP contribution is 2.14. The highest BCUT2D eigenvalue weighted by Gasteiger charge is 2.24. The van der Waals surface area contributed by atoms with Crippen molar-refractivity contribution in [3.05, 3.63) is 0 Å². The van der Waals surface area contributed by atoms with E-state index in [2.05, 4.69) is 24.1 Å². The Hall–Kier alpha value is -0.610. The Morgan fingerprint density at radius 1 is 1.71 bits per heavy atom. The molecule has 0 radical (unpaired) electrons. The van der Waals surface area contributed by atoms with Crippen LogP contribution >= 0.6 is 0 Å². The molecule has 4 heteroatoms. The lowest BCUT2D eigenvalue weighted by atomic mass is 10.2. The molecule has 0 aromatic rings. The van der Waals surface area contributed by atoms with Gasteiger partial charge in [0.2, 0.25) is 0 Å². The topological polar surface area (TPSA) is 52.6 Å². The van der Waals surface area contributed by atoms with Crippen LogP contribution < -0.4 is 5.32 Å². The van der Waals surface area contributed by atoms with Crippen LogP contribution in [0.1, 0.15) is 26.7 Å². The summed E-state index contributed by atoms with van der Waals surface area (Å²) in [4.78, 5) is 12.8. The Morgan fingerprint density at radius 3 is 3.00 bits per heavy atom. The molecule has 2 N–H and O–H groups in total. The number of likely N-dealkylation sites (tertiary alicyclic amines) is 1. The number of nitrogens with one attached hydrogen (secondary N) is 1. The summed E-state index contributed by atoms with van der Waals surface area (Å²) in [5.41, 5.74) is 0. The molecular formula is C10H20N2O2. The van der Waals surface area contributed by atoms with Crippen LogP contribution in [0.3, 0.4) is 0 Å². The predicted molar refractivity (Wildman–Crippen MR) is 55.4 cm³/mol. The van der Waals surface area contributed by atoms with Crippen molar-refractivity contribution in [2.24, 2.45) is 0 Å². The van der Waals surface area contributed by atoms with Crippen LogP contribution in [-0.4, -0.2) is 47.7 Å². The van der Waals surface area contributed by atoms with Gasteiger partial charge >= 0.3 is 5.97 Å². The molecule has 1 fully saturated rings. The van der Waals surface area contributed by atoms with Crippen molar-refractivity contribution in [3.8, 4) is 0 Å². The lowest BCUT2D eigenvalue weighted by Crippen LogP contribution is -2.38. The van der Waals surface area contributed by atoms with Crippen molar-refractivity contribution in [3.63, 3.8) is 0 Å². The monoisotopic (exact) mass is 200 g/mol. The fourth-order valence-corrected chi connectivity index (χ4v) is 1.84. The van der Waals surface area contributed by atoms with Gasteiger partial charge in [-0.1, -0.05) is 6.92 Å². The molecule has 2 unspecified atom stereocenters. The van der Waals surface area contributed by atoms with E-state index in [9.17, 15) is 4.79 Å². The van der Waals surface area contributed by atoms with E-state index in [1.807, 2.05) is 0 Å². The molecule has 0 saturated carbocycles. The normalized spacial score (nSPS) is 25.1. The molecule has 1 heterocycles. The number of carbonyl (C=O) groups is 1. The Kier molecular flexibility index (Phi) is 4.35. The standard InChI is InChI=1S/C10H20N2O2/c1-3-8(2)12-5-4-9(7-12)11-6-10(13)14/h8-9,11H,3-7H2,1-2H3,(H,13,14). The van der Waals surface area contributed by atoms with Gasteiger partial charge in [-0.15, -0.1) is 0 Å². The van der Waals surface area contributed by atoms with Crippen molar-refractivity contribution in [2.45, 2.75) is 38.8 Å². The zero-order chi connectivity index (χ0) is 10.6. The van der Waals surface area contributed by atoms with Gasteiger partial charge in [0.05, 0.1) is 6.54 Å². The van der Waals surface area contributed by atoms with Gasteiger partial charge in [0.15, 0.2) is 0 Å². The number of hydrogen-bond donors (Lipinski definition) is 2. The maximum absolute atomic E-state index is 10.4. The van der Waals surface area contributed by atoms with Gasteiger partial charge < -0.3 is 10.4 Å². The Balaban J connectivity index is 2.23. The zero-order valence-corrected chi connectivity index (χ0v) is 8.99. The number of nitrogens with zero attached hydrogens (tertiary/aromatic N) is 1. The van der Waals surface area contributed by atoms with E-state index in [1.54, 1.807) is 0 Å². The highest BCUT2D eigenvalue weighted by molar-refractivity contribution is 5.69. The van der Waals surface area contributed by atoms with Crippen molar-refractivity contribution >= 4 is 5.97 Å². The second kappa shape index (κ2) is 5.32. The molecule has 1 saturated heterocycles. The van der Waals surface area contributed by atoms with Gasteiger partial charge in [0.25, 0.3) is 0 Å². The molecule has 1 rings (SSSR count). The van der Waals surface area contributed by atoms with E-state index in [0.29, 0.717) is 12.1 Å². The number of carboxylic acids is 1. The molecule has 1 aliphatic heterocycles. The minimum atomic E-state index is -0.771. The maximum atomic E-state index is 10.4. The van der Waals surface area contributed by atoms with E-state index in [-0.39, 0.29) is 6.54 Å². The minimum absolute atomic E-state index is 0.0824. The van der Waals surface area contributed by atoms with Crippen LogP contribution in [0.15, 0.2) is 0 Å². The molecule has 0 bridgehead atoms. The lowest BCUT2D eigenvalue weighted by molar-refractivity contribution is -0.136. The number of carboxylic acid groups (broad SMARTS) is 1. The highest BCUT2D eigenvalue weighted by atomic mass is 16.4. The van der Waals surface area contributed by atoms with Crippen molar-refractivity contribution in [2.75, 3.05) is 19.6 Å². The van der Waals surface area contributed by atoms with Crippen LogP contribution in [-0.2, 0) is 4.79 Å². The minimum Gasteiger partial charge on any atom is -0.480 e. The molecule has 0 aromatic heterocycles. The Bertz CT molecular complexity index is 197. The summed E-state index contributed by atoms with van der Waals surface area (Å²) in [5.74, 6) is -0.771. The van der Waals surface area contributed by atoms with Crippen molar-refractivity contribution < 1.29 is 9.90 Å². The first-order valence-corrected chi connectivity index (χ1v) is 5.32. The summed E-state index contributed by atoms with van der Waals surface area (Å²) in [7, 11) is 0. The second-order valence-corrected chi connectivity index (χ2v) is 4.01. The van der Waals surface area contributed by atoms with Gasteiger partial charge in [0.1, 0.15) is 0 Å². The van der Waals surface area contributed by atoms with Gasteiger partial charge in [-0.3, -0.25) is 9.69 Å². The van der Waals surface area contributed by atoms with Crippen LogP contribution in [0.25, 0.3) is 0 Å².